The van der Waals surface area contributed by atoms with Gasteiger partial charge < -0.3 is 5.32 Å². The van der Waals surface area contributed by atoms with E-state index in [9.17, 15) is 4.79 Å². The van der Waals surface area contributed by atoms with Crippen LogP contribution in [0.25, 0.3) is 0 Å². The van der Waals surface area contributed by atoms with Gasteiger partial charge in [0.15, 0.2) is 0 Å². The first kappa shape index (κ1) is 11.8. The number of rotatable bonds is 5. The fraction of sp³-hybridized carbons (Fsp3) is 0.636. The van der Waals surface area contributed by atoms with E-state index in [4.69, 9.17) is 0 Å². The Hall–Kier alpha value is -1.32. The Labute approximate surface area is 90.5 Å². The average molecular weight is 209 g/mol. The zero-order valence-electron chi connectivity index (χ0n) is 9.58. The Bertz CT molecular complexity index is 293. The van der Waals surface area contributed by atoms with Crippen LogP contribution in [-0.4, -0.2) is 16.1 Å². The van der Waals surface area contributed by atoms with Crippen LogP contribution in [0.3, 0.4) is 0 Å². The van der Waals surface area contributed by atoms with Gasteiger partial charge in [-0.05, 0) is 19.3 Å². The Morgan fingerprint density at radius 2 is 2.27 bits per heavy atom. The SMILES string of the molecule is CC(C)CCC(=O)NC(C)c1cn[nH]c1. The largest absolute Gasteiger partial charge is 0.349 e. The van der Waals surface area contributed by atoms with Crippen LogP contribution < -0.4 is 5.32 Å². The topological polar surface area (TPSA) is 57.8 Å². The molecule has 0 aromatic carbocycles. The van der Waals surface area contributed by atoms with E-state index in [0.717, 1.165) is 12.0 Å². The number of aromatic amines is 1. The zero-order chi connectivity index (χ0) is 11.3. The normalized spacial score (nSPS) is 12.8. The quantitative estimate of drug-likeness (QED) is 0.779. The van der Waals surface area contributed by atoms with Crippen molar-refractivity contribution in [3.8, 4) is 0 Å². The summed E-state index contributed by atoms with van der Waals surface area (Å²) in [6.07, 6.45) is 5.06. The second-order valence-corrected chi connectivity index (χ2v) is 4.25. The summed E-state index contributed by atoms with van der Waals surface area (Å²) < 4.78 is 0. The molecule has 0 bridgehead atoms. The Morgan fingerprint density at radius 3 is 2.80 bits per heavy atom. The maximum absolute atomic E-state index is 11.5. The van der Waals surface area contributed by atoms with Crippen LogP contribution >= 0.6 is 0 Å². The van der Waals surface area contributed by atoms with E-state index in [-0.39, 0.29) is 11.9 Å². The van der Waals surface area contributed by atoms with Crippen molar-refractivity contribution < 1.29 is 4.79 Å². The fourth-order valence-corrected chi connectivity index (χ4v) is 1.31. The number of aromatic nitrogens is 2. The third kappa shape index (κ3) is 4.14. The molecule has 0 saturated heterocycles. The molecule has 4 heteroatoms. The first-order valence-corrected chi connectivity index (χ1v) is 5.37. The van der Waals surface area contributed by atoms with Crippen LogP contribution in [0, 0.1) is 5.92 Å². The van der Waals surface area contributed by atoms with Crippen molar-refractivity contribution >= 4 is 5.91 Å². The fourth-order valence-electron chi connectivity index (χ4n) is 1.31. The minimum atomic E-state index is 0.0309. The molecular weight excluding hydrogens is 190 g/mol. The summed E-state index contributed by atoms with van der Waals surface area (Å²) >= 11 is 0. The molecule has 1 heterocycles. The second-order valence-electron chi connectivity index (χ2n) is 4.25. The van der Waals surface area contributed by atoms with Gasteiger partial charge in [0.1, 0.15) is 0 Å². The summed E-state index contributed by atoms with van der Waals surface area (Å²) in [5, 5.41) is 9.52. The lowest BCUT2D eigenvalue weighted by Gasteiger charge is -2.12. The van der Waals surface area contributed by atoms with Gasteiger partial charge in [0.25, 0.3) is 0 Å². The standard InChI is InChI=1S/C11H19N3O/c1-8(2)4-5-11(15)14-9(3)10-6-12-13-7-10/h6-9H,4-5H2,1-3H3,(H,12,13)(H,14,15). The molecule has 0 aliphatic rings. The summed E-state index contributed by atoms with van der Waals surface area (Å²) in [7, 11) is 0. The molecule has 1 amide bonds. The molecule has 0 aliphatic carbocycles. The first-order chi connectivity index (χ1) is 7.09. The molecule has 1 unspecified atom stereocenters. The minimum absolute atomic E-state index is 0.0309. The molecule has 1 atom stereocenters. The van der Waals surface area contributed by atoms with Gasteiger partial charge in [0, 0.05) is 18.2 Å². The molecule has 0 saturated carbocycles. The van der Waals surface area contributed by atoms with Crippen LogP contribution in [0.2, 0.25) is 0 Å². The van der Waals surface area contributed by atoms with Crippen molar-refractivity contribution in [3.63, 3.8) is 0 Å². The molecule has 15 heavy (non-hydrogen) atoms. The average Bonchev–Trinajstić information content (AvgIpc) is 2.67. The summed E-state index contributed by atoms with van der Waals surface area (Å²) in [4.78, 5) is 11.5. The molecule has 0 aliphatic heterocycles. The summed E-state index contributed by atoms with van der Waals surface area (Å²) in [6.45, 7) is 6.19. The summed E-state index contributed by atoms with van der Waals surface area (Å²) in [5.41, 5.74) is 1.01. The highest BCUT2D eigenvalue weighted by Gasteiger charge is 2.10. The molecule has 1 aromatic heterocycles. The van der Waals surface area contributed by atoms with Gasteiger partial charge in [-0.3, -0.25) is 9.89 Å². The van der Waals surface area contributed by atoms with Crippen molar-refractivity contribution in [2.24, 2.45) is 5.92 Å². The zero-order valence-corrected chi connectivity index (χ0v) is 9.58. The number of amides is 1. The van der Waals surface area contributed by atoms with E-state index < -0.39 is 0 Å². The van der Waals surface area contributed by atoms with Crippen LogP contribution in [0.15, 0.2) is 12.4 Å². The molecule has 0 radical (unpaired) electrons. The molecule has 4 nitrogen and oxygen atoms in total. The van der Waals surface area contributed by atoms with Gasteiger partial charge in [-0.15, -0.1) is 0 Å². The van der Waals surface area contributed by atoms with E-state index >= 15 is 0 Å². The van der Waals surface area contributed by atoms with Gasteiger partial charge in [-0.25, -0.2) is 0 Å². The number of nitrogens with one attached hydrogen (secondary N) is 2. The van der Waals surface area contributed by atoms with Gasteiger partial charge in [-0.2, -0.15) is 5.10 Å². The number of hydrogen-bond donors (Lipinski definition) is 2. The first-order valence-electron chi connectivity index (χ1n) is 5.37. The number of carbonyl (C=O) groups excluding carboxylic acids is 1. The van der Waals surface area contributed by atoms with Gasteiger partial charge >= 0.3 is 0 Å². The van der Waals surface area contributed by atoms with Crippen LogP contribution in [0.4, 0.5) is 0 Å². The van der Waals surface area contributed by atoms with Crippen molar-refractivity contribution in [2.75, 3.05) is 0 Å². The third-order valence-corrected chi connectivity index (χ3v) is 2.35. The van der Waals surface area contributed by atoms with E-state index in [0.29, 0.717) is 12.3 Å². The van der Waals surface area contributed by atoms with Gasteiger partial charge in [-0.1, -0.05) is 13.8 Å². The molecule has 84 valence electrons. The number of carbonyl (C=O) groups is 1. The highest BCUT2D eigenvalue weighted by atomic mass is 16.1. The number of H-pyrrole nitrogens is 1. The molecule has 2 N–H and O–H groups in total. The van der Waals surface area contributed by atoms with Crippen LogP contribution in [0.5, 0.6) is 0 Å². The second kappa shape index (κ2) is 5.53. The lowest BCUT2D eigenvalue weighted by Crippen LogP contribution is -2.26. The number of hydrogen-bond acceptors (Lipinski definition) is 2. The maximum atomic E-state index is 11.5. The third-order valence-electron chi connectivity index (χ3n) is 2.35. The van der Waals surface area contributed by atoms with E-state index in [1.807, 2.05) is 6.92 Å². The Kier molecular flexibility index (Phi) is 4.34. The highest BCUT2D eigenvalue weighted by Crippen LogP contribution is 2.10. The monoisotopic (exact) mass is 209 g/mol. The minimum Gasteiger partial charge on any atom is -0.349 e. The Balaban J connectivity index is 2.32. The maximum Gasteiger partial charge on any atom is 0.220 e. The molecule has 0 spiro atoms. The van der Waals surface area contributed by atoms with Crippen molar-refractivity contribution in [1.82, 2.24) is 15.5 Å². The van der Waals surface area contributed by atoms with Crippen molar-refractivity contribution in [1.29, 1.82) is 0 Å². The number of nitrogens with zero attached hydrogens (tertiary/aromatic N) is 1. The van der Waals surface area contributed by atoms with Crippen LogP contribution in [-0.2, 0) is 4.79 Å². The molecular formula is C11H19N3O. The van der Waals surface area contributed by atoms with E-state index in [2.05, 4.69) is 29.4 Å². The lowest BCUT2D eigenvalue weighted by molar-refractivity contribution is -0.122. The van der Waals surface area contributed by atoms with E-state index in [1.165, 1.54) is 0 Å². The lowest BCUT2D eigenvalue weighted by atomic mass is 10.1. The van der Waals surface area contributed by atoms with Gasteiger partial charge in [0.2, 0.25) is 5.91 Å². The summed E-state index contributed by atoms with van der Waals surface area (Å²) in [5.74, 6) is 0.678. The van der Waals surface area contributed by atoms with Crippen molar-refractivity contribution in [3.05, 3.63) is 18.0 Å². The Morgan fingerprint density at radius 1 is 1.53 bits per heavy atom. The summed E-state index contributed by atoms with van der Waals surface area (Å²) in [6, 6.07) is 0.0309. The smallest absolute Gasteiger partial charge is 0.220 e. The molecule has 1 aromatic rings. The van der Waals surface area contributed by atoms with E-state index in [1.54, 1.807) is 12.4 Å². The molecule has 0 fully saturated rings. The van der Waals surface area contributed by atoms with Gasteiger partial charge in [0.05, 0.1) is 12.2 Å². The predicted molar refractivity (Wildman–Crippen MR) is 59.2 cm³/mol. The predicted octanol–water partition coefficient (Wildman–Crippen LogP) is 2.02. The highest BCUT2D eigenvalue weighted by molar-refractivity contribution is 5.76. The molecule has 1 rings (SSSR count). The van der Waals surface area contributed by atoms with Crippen LogP contribution in [0.1, 0.15) is 45.2 Å². The van der Waals surface area contributed by atoms with Crippen molar-refractivity contribution in [2.45, 2.75) is 39.7 Å².